The molecule has 1 aliphatic rings. The van der Waals surface area contributed by atoms with E-state index >= 15 is 0 Å². The van der Waals surface area contributed by atoms with Gasteiger partial charge in [-0.3, -0.25) is 4.90 Å². The monoisotopic (exact) mass is 327 g/mol. The molecule has 0 unspecified atom stereocenters. The molecule has 0 aromatic heterocycles. The van der Waals surface area contributed by atoms with Gasteiger partial charge in [-0.1, -0.05) is 48.0 Å². The van der Waals surface area contributed by atoms with Crippen molar-refractivity contribution < 1.29 is 4.74 Å². The number of rotatable bonds is 6. The van der Waals surface area contributed by atoms with Gasteiger partial charge < -0.3 is 4.74 Å². The second-order valence-electron chi connectivity index (χ2n) is 6.08. The van der Waals surface area contributed by atoms with Crippen molar-refractivity contribution >= 4 is 11.8 Å². The highest BCUT2D eigenvalue weighted by atomic mass is 32.2. The lowest BCUT2D eigenvalue weighted by atomic mass is 10.0. The highest BCUT2D eigenvalue weighted by molar-refractivity contribution is 7.99. The molecule has 0 amide bonds. The highest BCUT2D eigenvalue weighted by Crippen LogP contribution is 2.23. The third-order valence-corrected chi connectivity index (χ3v) is 5.16. The minimum Gasteiger partial charge on any atom is -0.492 e. The van der Waals surface area contributed by atoms with Gasteiger partial charge in [0.2, 0.25) is 0 Å². The van der Waals surface area contributed by atoms with E-state index in [1.165, 1.54) is 41.3 Å². The smallest absolute Gasteiger partial charge is 0.122 e. The minimum absolute atomic E-state index is 0.773. The fourth-order valence-electron chi connectivity index (χ4n) is 2.91. The fourth-order valence-corrected chi connectivity index (χ4v) is 3.89. The summed E-state index contributed by atoms with van der Waals surface area (Å²) >= 11 is 2.05. The Kier molecular flexibility index (Phi) is 6.00. The molecular weight excluding hydrogens is 302 g/mol. The molecule has 1 heterocycles. The molecule has 0 aliphatic carbocycles. The molecule has 122 valence electrons. The van der Waals surface area contributed by atoms with Gasteiger partial charge in [0.1, 0.15) is 12.4 Å². The predicted octanol–water partition coefficient (Wildman–Crippen LogP) is 4.01. The third kappa shape index (κ3) is 5.02. The number of nitrogens with zero attached hydrogens (tertiary/aromatic N) is 1. The summed E-state index contributed by atoms with van der Waals surface area (Å²) in [5, 5.41) is 0. The first-order chi connectivity index (χ1) is 11.3. The Morgan fingerprint density at radius 1 is 1.04 bits per heavy atom. The van der Waals surface area contributed by atoms with Crippen LogP contribution in [0.3, 0.4) is 0 Å². The van der Waals surface area contributed by atoms with E-state index in [9.17, 15) is 0 Å². The van der Waals surface area contributed by atoms with Gasteiger partial charge in [0.25, 0.3) is 0 Å². The molecule has 23 heavy (non-hydrogen) atoms. The molecule has 0 bridgehead atoms. The Hall–Kier alpha value is -1.45. The van der Waals surface area contributed by atoms with Gasteiger partial charge in [-0.2, -0.15) is 11.8 Å². The quantitative estimate of drug-likeness (QED) is 0.795. The standard InChI is InChI=1S/C20H25NOS/c1-17-7-8-20(22-12-9-21-10-13-23-14-11-21)19(15-17)16-18-5-3-2-4-6-18/h2-8,15H,9-14,16H2,1H3. The number of hydrogen-bond donors (Lipinski definition) is 0. The van der Waals surface area contributed by atoms with E-state index in [4.69, 9.17) is 4.74 Å². The van der Waals surface area contributed by atoms with Gasteiger partial charge in [-0.15, -0.1) is 0 Å². The van der Waals surface area contributed by atoms with Crippen molar-refractivity contribution in [3.8, 4) is 5.75 Å². The molecule has 0 spiro atoms. The number of thioether (sulfide) groups is 1. The summed E-state index contributed by atoms with van der Waals surface area (Å²) in [6, 6.07) is 17.1. The Balaban J connectivity index is 1.61. The molecule has 2 aromatic carbocycles. The van der Waals surface area contributed by atoms with Crippen LogP contribution in [0, 0.1) is 6.92 Å². The van der Waals surface area contributed by atoms with E-state index in [-0.39, 0.29) is 0 Å². The van der Waals surface area contributed by atoms with Crippen LogP contribution in [-0.2, 0) is 6.42 Å². The van der Waals surface area contributed by atoms with Crippen molar-refractivity contribution in [1.82, 2.24) is 4.90 Å². The molecule has 3 rings (SSSR count). The lowest BCUT2D eigenvalue weighted by molar-refractivity contribution is 0.221. The van der Waals surface area contributed by atoms with Crippen molar-refractivity contribution in [2.45, 2.75) is 13.3 Å². The normalized spacial score (nSPS) is 15.5. The first-order valence-electron chi connectivity index (χ1n) is 8.37. The minimum atomic E-state index is 0.773. The van der Waals surface area contributed by atoms with Crippen LogP contribution in [-0.4, -0.2) is 42.6 Å². The Labute approximate surface area is 143 Å². The second kappa shape index (κ2) is 8.42. The maximum atomic E-state index is 6.12. The Bertz CT molecular complexity index is 608. The molecule has 1 aliphatic heterocycles. The van der Waals surface area contributed by atoms with Crippen molar-refractivity contribution in [3.63, 3.8) is 0 Å². The van der Waals surface area contributed by atoms with Gasteiger partial charge in [0.05, 0.1) is 0 Å². The van der Waals surface area contributed by atoms with Crippen molar-refractivity contribution in [1.29, 1.82) is 0 Å². The zero-order valence-corrected chi connectivity index (χ0v) is 14.6. The predicted molar refractivity (Wildman–Crippen MR) is 99.7 cm³/mol. The van der Waals surface area contributed by atoms with E-state index in [2.05, 4.69) is 72.1 Å². The first kappa shape index (κ1) is 16.4. The van der Waals surface area contributed by atoms with E-state index < -0.39 is 0 Å². The second-order valence-corrected chi connectivity index (χ2v) is 7.30. The van der Waals surface area contributed by atoms with Gasteiger partial charge in [-0.25, -0.2) is 0 Å². The molecule has 0 radical (unpaired) electrons. The van der Waals surface area contributed by atoms with Gasteiger partial charge in [0.15, 0.2) is 0 Å². The highest BCUT2D eigenvalue weighted by Gasteiger charge is 2.11. The zero-order valence-electron chi connectivity index (χ0n) is 13.8. The van der Waals surface area contributed by atoms with Crippen LogP contribution in [0.2, 0.25) is 0 Å². The van der Waals surface area contributed by atoms with Crippen LogP contribution in [0.5, 0.6) is 5.75 Å². The molecular formula is C20H25NOS. The molecule has 1 fully saturated rings. The van der Waals surface area contributed by atoms with E-state index in [1.54, 1.807) is 0 Å². The molecule has 0 atom stereocenters. The molecule has 0 saturated carbocycles. The van der Waals surface area contributed by atoms with Crippen LogP contribution < -0.4 is 4.74 Å². The fraction of sp³-hybridized carbons (Fsp3) is 0.400. The van der Waals surface area contributed by atoms with Crippen molar-refractivity contribution in [3.05, 3.63) is 65.2 Å². The molecule has 2 nitrogen and oxygen atoms in total. The van der Waals surface area contributed by atoms with E-state index in [1.807, 2.05) is 0 Å². The largest absolute Gasteiger partial charge is 0.492 e. The van der Waals surface area contributed by atoms with Gasteiger partial charge in [0, 0.05) is 37.6 Å². The van der Waals surface area contributed by atoms with Crippen LogP contribution in [0.1, 0.15) is 16.7 Å². The summed E-state index contributed by atoms with van der Waals surface area (Å²) in [5.41, 5.74) is 3.90. The summed E-state index contributed by atoms with van der Waals surface area (Å²) in [5.74, 6) is 3.54. The topological polar surface area (TPSA) is 12.5 Å². The Morgan fingerprint density at radius 2 is 1.83 bits per heavy atom. The molecule has 1 saturated heterocycles. The van der Waals surface area contributed by atoms with Crippen molar-refractivity contribution in [2.24, 2.45) is 0 Å². The number of hydrogen-bond acceptors (Lipinski definition) is 3. The Morgan fingerprint density at radius 3 is 2.61 bits per heavy atom. The first-order valence-corrected chi connectivity index (χ1v) is 9.53. The third-order valence-electron chi connectivity index (χ3n) is 4.22. The number of aryl methyl sites for hydroxylation is 1. The molecule has 0 N–H and O–H groups in total. The maximum Gasteiger partial charge on any atom is 0.122 e. The SMILES string of the molecule is Cc1ccc(OCCN2CCSCC2)c(Cc2ccccc2)c1. The molecule has 3 heteroatoms. The van der Waals surface area contributed by atoms with Crippen LogP contribution in [0.15, 0.2) is 48.5 Å². The summed E-state index contributed by atoms with van der Waals surface area (Å²) in [7, 11) is 0. The molecule has 2 aromatic rings. The average Bonchev–Trinajstić information content (AvgIpc) is 2.59. The summed E-state index contributed by atoms with van der Waals surface area (Å²) in [6.45, 7) is 6.33. The maximum absolute atomic E-state index is 6.12. The van der Waals surface area contributed by atoms with Crippen LogP contribution in [0.4, 0.5) is 0 Å². The lowest BCUT2D eigenvalue weighted by Gasteiger charge is -2.26. The zero-order chi connectivity index (χ0) is 15.9. The van der Waals surface area contributed by atoms with E-state index in [0.29, 0.717) is 0 Å². The van der Waals surface area contributed by atoms with Gasteiger partial charge in [-0.05, 0) is 24.1 Å². The average molecular weight is 327 g/mol. The summed E-state index contributed by atoms with van der Waals surface area (Å²) in [4.78, 5) is 2.50. The van der Waals surface area contributed by atoms with E-state index in [0.717, 1.165) is 25.3 Å². The summed E-state index contributed by atoms with van der Waals surface area (Å²) < 4.78 is 6.12. The number of benzene rings is 2. The van der Waals surface area contributed by atoms with Gasteiger partial charge >= 0.3 is 0 Å². The lowest BCUT2D eigenvalue weighted by Crippen LogP contribution is -2.35. The number of ether oxygens (including phenoxy) is 1. The van der Waals surface area contributed by atoms with Crippen LogP contribution >= 0.6 is 11.8 Å². The summed E-state index contributed by atoms with van der Waals surface area (Å²) in [6.07, 6.45) is 0.929. The van der Waals surface area contributed by atoms with Crippen molar-refractivity contribution in [2.75, 3.05) is 37.7 Å². The van der Waals surface area contributed by atoms with Crippen LogP contribution in [0.25, 0.3) is 0 Å².